The first-order chi connectivity index (χ1) is 10.7. The average Bonchev–Trinajstić information content (AvgIpc) is 3.01. The van der Waals surface area contributed by atoms with E-state index in [1.165, 1.54) is 30.7 Å². The minimum atomic E-state index is -0.237. The lowest BCUT2D eigenvalue weighted by Gasteiger charge is -2.14. The van der Waals surface area contributed by atoms with E-state index >= 15 is 0 Å². The Morgan fingerprint density at radius 1 is 1.14 bits per heavy atom. The standard InChI is InChI=1S/C17H19N3O2/c21-16-11-15(7-8-18-16)19-17(22)14-5-3-13(4-6-14)12-20-9-1-2-10-20/h3-8,11H,1-2,9-10,12H2,(H2,18,19,21,22). The third-order valence-corrected chi connectivity index (χ3v) is 3.85. The number of benzene rings is 1. The maximum absolute atomic E-state index is 12.1. The van der Waals surface area contributed by atoms with Crippen LogP contribution in [0, 0.1) is 0 Å². The molecule has 5 nitrogen and oxygen atoms in total. The van der Waals surface area contributed by atoms with Crippen LogP contribution >= 0.6 is 0 Å². The number of nitrogens with zero attached hydrogens (tertiary/aromatic N) is 1. The summed E-state index contributed by atoms with van der Waals surface area (Å²) in [5.74, 6) is -0.210. The number of nitrogens with one attached hydrogen (secondary N) is 2. The maximum Gasteiger partial charge on any atom is 0.255 e. The fourth-order valence-electron chi connectivity index (χ4n) is 2.69. The highest BCUT2D eigenvalue weighted by Crippen LogP contribution is 2.14. The lowest BCUT2D eigenvalue weighted by Crippen LogP contribution is -2.18. The van der Waals surface area contributed by atoms with Crippen LogP contribution in [0.15, 0.2) is 47.4 Å². The van der Waals surface area contributed by atoms with Crippen molar-refractivity contribution in [2.24, 2.45) is 0 Å². The van der Waals surface area contributed by atoms with Crippen molar-refractivity contribution < 1.29 is 4.79 Å². The zero-order chi connectivity index (χ0) is 15.4. The van der Waals surface area contributed by atoms with Gasteiger partial charge in [-0.2, -0.15) is 0 Å². The number of pyridine rings is 1. The van der Waals surface area contributed by atoms with Gasteiger partial charge < -0.3 is 10.3 Å². The molecule has 0 atom stereocenters. The molecule has 3 rings (SSSR count). The zero-order valence-electron chi connectivity index (χ0n) is 12.3. The molecular formula is C17H19N3O2. The van der Waals surface area contributed by atoms with E-state index < -0.39 is 0 Å². The van der Waals surface area contributed by atoms with E-state index in [1.54, 1.807) is 6.07 Å². The molecular weight excluding hydrogens is 278 g/mol. The molecule has 5 heteroatoms. The minimum absolute atomic E-state index is 0.210. The Labute approximate surface area is 129 Å². The Kier molecular flexibility index (Phi) is 4.34. The summed E-state index contributed by atoms with van der Waals surface area (Å²) in [5.41, 5.74) is 2.06. The molecule has 0 spiro atoms. The summed E-state index contributed by atoms with van der Waals surface area (Å²) in [5, 5.41) is 2.72. The van der Waals surface area contributed by atoms with Crippen molar-refractivity contribution in [3.05, 3.63) is 64.1 Å². The Morgan fingerprint density at radius 3 is 2.55 bits per heavy atom. The molecule has 1 saturated heterocycles. The van der Waals surface area contributed by atoms with Crippen molar-refractivity contribution in [1.82, 2.24) is 9.88 Å². The average molecular weight is 297 g/mol. The molecule has 2 heterocycles. The molecule has 1 aromatic carbocycles. The van der Waals surface area contributed by atoms with Crippen LogP contribution in [-0.4, -0.2) is 28.9 Å². The molecule has 0 aliphatic carbocycles. The van der Waals surface area contributed by atoms with Gasteiger partial charge in [-0.25, -0.2) is 0 Å². The number of carbonyl (C=O) groups is 1. The van der Waals surface area contributed by atoms with Gasteiger partial charge >= 0.3 is 0 Å². The van der Waals surface area contributed by atoms with E-state index in [1.807, 2.05) is 24.3 Å². The first-order valence-electron chi connectivity index (χ1n) is 7.52. The van der Waals surface area contributed by atoms with Gasteiger partial charge in [0.05, 0.1) is 0 Å². The number of hydrogen-bond donors (Lipinski definition) is 2. The summed E-state index contributed by atoms with van der Waals surface area (Å²) >= 11 is 0. The van der Waals surface area contributed by atoms with Crippen molar-refractivity contribution in [2.45, 2.75) is 19.4 Å². The number of rotatable bonds is 4. The Morgan fingerprint density at radius 2 is 1.86 bits per heavy atom. The van der Waals surface area contributed by atoms with Crippen molar-refractivity contribution in [3.63, 3.8) is 0 Å². The van der Waals surface area contributed by atoms with E-state index in [4.69, 9.17) is 0 Å². The van der Waals surface area contributed by atoms with Crippen molar-refractivity contribution in [3.8, 4) is 0 Å². The molecule has 0 saturated carbocycles. The van der Waals surface area contributed by atoms with Crippen molar-refractivity contribution in [1.29, 1.82) is 0 Å². The van der Waals surface area contributed by atoms with Crippen LogP contribution in [0.3, 0.4) is 0 Å². The van der Waals surface area contributed by atoms with Crippen molar-refractivity contribution >= 4 is 11.6 Å². The number of anilines is 1. The molecule has 0 bridgehead atoms. The largest absolute Gasteiger partial charge is 0.329 e. The highest BCUT2D eigenvalue weighted by molar-refractivity contribution is 6.04. The number of aromatic nitrogens is 1. The molecule has 0 unspecified atom stereocenters. The summed E-state index contributed by atoms with van der Waals surface area (Å²) in [6, 6.07) is 10.7. The fourth-order valence-corrected chi connectivity index (χ4v) is 2.69. The second-order valence-corrected chi connectivity index (χ2v) is 5.58. The molecule has 2 aromatic rings. The predicted molar refractivity (Wildman–Crippen MR) is 86.0 cm³/mol. The fraction of sp³-hybridized carbons (Fsp3) is 0.294. The third-order valence-electron chi connectivity index (χ3n) is 3.85. The van der Waals surface area contributed by atoms with Gasteiger partial charge in [-0.05, 0) is 49.7 Å². The van der Waals surface area contributed by atoms with E-state index in [-0.39, 0.29) is 11.5 Å². The Balaban J connectivity index is 1.64. The lowest BCUT2D eigenvalue weighted by molar-refractivity contribution is 0.102. The molecule has 22 heavy (non-hydrogen) atoms. The molecule has 1 fully saturated rings. The molecule has 114 valence electrons. The second-order valence-electron chi connectivity index (χ2n) is 5.58. The summed E-state index contributed by atoms with van der Waals surface area (Å²) in [6.07, 6.45) is 4.06. The highest BCUT2D eigenvalue weighted by Gasteiger charge is 2.12. The van der Waals surface area contributed by atoms with Gasteiger partial charge in [0.2, 0.25) is 5.56 Å². The van der Waals surface area contributed by atoms with E-state index in [9.17, 15) is 9.59 Å². The van der Waals surface area contributed by atoms with Crippen LogP contribution in [0.4, 0.5) is 5.69 Å². The highest BCUT2D eigenvalue weighted by atomic mass is 16.1. The quantitative estimate of drug-likeness (QED) is 0.909. The monoisotopic (exact) mass is 297 g/mol. The summed E-state index contributed by atoms with van der Waals surface area (Å²) < 4.78 is 0. The van der Waals surface area contributed by atoms with Gasteiger partial charge in [0, 0.05) is 30.1 Å². The summed E-state index contributed by atoms with van der Waals surface area (Å²) in [4.78, 5) is 28.3. The van der Waals surface area contributed by atoms with Crippen LogP contribution in [0.5, 0.6) is 0 Å². The summed E-state index contributed by atoms with van der Waals surface area (Å²) in [7, 11) is 0. The first-order valence-corrected chi connectivity index (χ1v) is 7.52. The molecule has 1 amide bonds. The van der Waals surface area contributed by atoms with Crippen LogP contribution in [-0.2, 0) is 6.54 Å². The molecule has 2 N–H and O–H groups in total. The van der Waals surface area contributed by atoms with Crippen LogP contribution < -0.4 is 10.9 Å². The van der Waals surface area contributed by atoms with E-state index in [0.717, 1.165) is 19.6 Å². The van der Waals surface area contributed by atoms with Gasteiger partial charge in [-0.3, -0.25) is 14.5 Å². The molecule has 1 aliphatic heterocycles. The zero-order valence-corrected chi connectivity index (χ0v) is 12.3. The number of likely N-dealkylation sites (tertiary alicyclic amines) is 1. The molecule has 1 aliphatic rings. The normalized spacial score (nSPS) is 14.9. The van der Waals surface area contributed by atoms with Crippen molar-refractivity contribution in [2.75, 3.05) is 18.4 Å². The maximum atomic E-state index is 12.1. The van der Waals surface area contributed by atoms with Gasteiger partial charge in [-0.1, -0.05) is 12.1 Å². The molecule has 0 radical (unpaired) electrons. The Bertz CT molecular complexity index is 700. The van der Waals surface area contributed by atoms with Gasteiger partial charge in [0.1, 0.15) is 0 Å². The van der Waals surface area contributed by atoms with E-state index in [0.29, 0.717) is 11.3 Å². The van der Waals surface area contributed by atoms with Gasteiger partial charge in [0.15, 0.2) is 0 Å². The Hall–Kier alpha value is -2.40. The first kappa shape index (κ1) is 14.5. The van der Waals surface area contributed by atoms with E-state index in [2.05, 4.69) is 15.2 Å². The number of amides is 1. The number of aromatic amines is 1. The van der Waals surface area contributed by atoms with Crippen LogP contribution in [0.2, 0.25) is 0 Å². The smallest absolute Gasteiger partial charge is 0.255 e. The third kappa shape index (κ3) is 3.62. The van der Waals surface area contributed by atoms with Gasteiger partial charge in [-0.15, -0.1) is 0 Å². The summed E-state index contributed by atoms with van der Waals surface area (Å²) in [6.45, 7) is 3.26. The van der Waals surface area contributed by atoms with Crippen LogP contribution in [0.1, 0.15) is 28.8 Å². The lowest BCUT2D eigenvalue weighted by atomic mass is 10.1. The number of carbonyl (C=O) groups excluding carboxylic acids is 1. The molecule has 1 aromatic heterocycles. The number of H-pyrrole nitrogens is 1. The predicted octanol–water partition coefficient (Wildman–Crippen LogP) is 2.22. The second kappa shape index (κ2) is 6.58. The van der Waals surface area contributed by atoms with Crippen LogP contribution in [0.25, 0.3) is 0 Å². The SMILES string of the molecule is O=C(Nc1cc[nH]c(=O)c1)c1ccc(CN2CCCC2)cc1. The number of hydrogen-bond acceptors (Lipinski definition) is 3. The minimum Gasteiger partial charge on any atom is -0.329 e. The topological polar surface area (TPSA) is 65.2 Å². The van der Waals surface area contributed by atoms with Gasteiger partial charge in [0.25, 0.3) is 5.91 Å².